The van der Waals surface area contributed by atoms with Gasteiger partial charge in [-0.1, -0.05) is 6.07 Å². The normalized spacial score (nSPS) is 18.1. The zero-order chi connectivity index (χ0) is 18.6. The molecule has 0 aromatic heterocycles. The molecule has 1 aliphatic heterocycles. The molecule has 0 bridgehead atoms. The molecule has 1 amide bonds. The highest BCUT2D eigenvalue weighted by Crippen LogP contribution is 2.30. The lowest BCUT2D eigenvalue weighted by Crippen LogP contribution is -2.40. The molecule has 0 saturated carbocycles. The molecule has 2 rings (SSSR count). The van der Waals surface area contributed by atoms with E-state index in [1.54, 1.807) is 7.11 Å². The zero-order valence-corrected chi connectivity index (χ0v) is 16.3. The number of nitrogens with one attached hydrogen (secondary N) is 1. The Balaban J connectivity index is 1.99. The van der Waals surface area contributed by atoms with Crippen molar-refractivity contribution in [1.82, 2.24) is 10.2 Å². The third-order valence-corrected chi connectivity index (χ3v) is 4.18. The molecule has 1 heterocycles. The first kappa shape index (κ1) is 19.4. The predicted octanol–water partition coefficient (Wildman–Crippen LogP) is 2.86. The molecule has 140 valence electrons. The maximum absolute atomic E-state index is 11.9. The van der Waals surface area contributed by atoms with Crippen LogP contribution in [0.2, 0.25) is 0 Å². The van der Waals surface area contributed by atoms with Gasteiger partial charge < -0.3 is 19.7 Å². The summed E-state index contributed by atoms with van der Waals surface area (Å²) in [6.45, 7) is 8.16. The molecule has 1 N–H and O–H groups in total. The van der Waals surface area contributed by atoms with Crippen LogP contribution in [0.1, 0.15) is 32.8 Å². The summed E-state index contributed by atoms with van der Waals surface area (Å²) in [7, 11) is 5.78. The fourth-order valence-corrected chi connectivity index (χ4v) is 3.12. The Morgan fingerprint density at radius 3 is 2.68 bits per heavy atom. The van der Waals surface area contributed by atoms with Crippen LogP contribution in [-0.4, -0.2) is 56.9 Å². The van der Waals surface area contributed by atoms with Crippen LogP contribution in [0.15, 0.2) is 18.2 Å². The molecule has 1 saturated heterocycles. The highest BCUT2D eigenvalue weighted by Gasteiger charge is 2.27. The molecule has 1 aromatic carbocycles. The smallest absolute Gasteiger partial charge is 0.407 e. The van der Waals surface area contributed by atoms with Crippen molar-refractivity contribution < 1.29 is 14.3 Å². The first-order valence-electron chi connectivity index (χ1n) is 8.74. The number of benzene rings is 1. The number of likely N-dealkylation sites (tertiary alicyclic amines) is 1. The number of hydrogen-bond acceptors (Lipinski definition) is 5. The molecular formula is C19H31N3O3. The molecule has 1 aliphatic rings. The molecule has 1 atom stereocenters. The van der Waals surface area contributed by atoms with Crippen molar-refractivity contribution in [2.24, 2.45) is 0 Å². The summed E-state index contributed by atoms with van der Waals surface area (Å²) >= 11 is 0. The Kier molecular flexibility index (Phi) is 6.16. The molecule has 1 fully saturated rings. The predicted molar refractivity (Wildman–Crippen MR) is 100 cm³/mol. The number of amides is 1. The standard InChI is InChI=1S/C19H31N3O3/c1-19(2,3)25-18(23)20-14-10-11-22(12-14)13-15-16(21(4)5)8-7-9-17(15)24-6/h7-9,14H,10-13H2,1-6H3,(H,20,23)/t14-/m1/s1. The third kappa shape index (κ3) is 5.53. The van der Waals surface area contributed by atoms with Gasteiger partial charge in [0.15, 0.2) is 0 Å². The van der Waals surface area contributed by atoms with Crippen LogP contribution in [0.3, 0.4) is 0 Å². The molecular weight excluding hydrogens is 318 g/mol. The Hall–Kier alpha value is -1.95. The van der Waals surface area contributed by atoms with Crippen LogP contribution < -0.4 is 15.0 Å². The molecule has 6 heteroatoms. The van der Waals surface area contributed by atoms with Crippen molar-refractivity contribution in [2.45, 2.75) is 45.4 Å². The lowest BCUT2D eigenvalue weighted by atomic mass is 10.1. The average molecular weight is 349 g/mol. The van der Waals surface area contributed by atoms with Gasteiger partial charge in [0, 0.05) is 51.0 Å². The SMILES string of the molecule is COc1cccc(N(C)C)c1CN1CC[C@@H](NC(=O)OC(C)(C)C)C1. The summed E-state index contributed by atoms with van der Waals surface area (Å²) in [5, 5.41) is 2.97. The van der Waals surface area contributed by atoms with E-state index in [-0.39, 0.29) is 12.1 Å². The van der Waals surface area contributed by atoms with E-state index >= 15 is 0 Å². The maximum atomic E-state index is 11.9. The number of hydrogen-bond donors (Lipinski definition) is 1. The second-order valence-electron chi connectivity index (χ2n) is 7.72. The van der Waals surface area contributed by atoms with E-state index in [1.807, 2.05) is 47.0 Å². The van der Waals surface area contributed by atoms with Crippen molar-refractivity contribution in [1.29, 1.82) is 0 Å². The molecule has 0 spiro atoms. The fourth-order valence-electron chi connectivity index (χ4n) is 3.12. The first-order chi connectivity index (χ1) is 11.7. The number of methoxy groups -OCH3 is 1. The average Bonchev–Trinajstić information content (AvgIpc) is 2.92. The topological polar surface area (TPSA) is 54.0 Å². The van der Waals surface area contributed by atoms with Gasteiger partial charge in [-0.3, -0.25) is 4.90 Å². The Labute approximate surface area is 151 Å². The van der Waals surface area contributed by atoms with Gasteiger partial charge >= 0.3 is 6.09 Å². The number of alkyl carbamates (subject to hydrolysis) is 1. The van der Waals surface area contributed by atoms with Crippen molar-refractivity contribution >= 4 is 11.8 Å². The van der Waals surface area contributed by atoms with E-state index in [9.17, 15) is 4.79 Å². The van der Waals surface area contributed by atoms with E-state index in [0.29, 0.717) is 0 Å². The number of nitrogens with zero attached hydrogens (tertiary/aromatic N) is 2. The van der Waals surface area contributed by atoms with E-state index in [2.05, 4.69) is 21.2 Å². The van der Waals surface area contributed by atoms with Crippen LogP contribution in [0.25, 0.3) is 0 Å². The summed E-state index contributed by atoms with van der Waals surface area (Å²) < 4.78 is 10.9. The highest BCUT2D eigenvalue weighted by atomic mass is 16.6. The van der Waals surface area contributed by atoms with Crippen LogP contribution in [-0.2, 0) is 11.3 Å². The number of carbonyl (C=O) groups is 1. The van der Waals surface area contributed by atoms with Crippen LogP contribution in [0, 0.1) is 0 Å². The lowest BCUT2D eigenvalue weighted by molar-refractivity contribution is 0.0505. The highest BCUT2D eigenvalue weighted by molar-refractivity contribution is 5.68. The second kappa shape index (κ2) is 7.95. The Bertz CT molecular complexity index is 596. The van der Waals surface area contributed by atoms with Crippen molar-refractivity contribution in [3.05, 3.63) is 23.8 Å². The van der Waals surface area contributed by atoms with E-state index in [0.717, 1.165) is 37.5 Å². The van der Waals surface area contributed by atoms with Gasteiger partial charge in [0.05, 0.1) is 7.11 Å². The van der Waals surface area contributed by atoms with Gasteiger partial charge in [-0.05, 0) is 39.3 Å². The minimum absolute atomic E-state index is 0.118. The van der Waals surface area contributed by atoms with Crippen LogP contribution >= 0.6 is 0 Å². The molecule has 25 heavy (non-hydrogen) atoms. The lowest BCUT2D eigenvalue weighted by Gasteiger charge is -2.24. The number of anilines is 1. The second-order valence-corrected chi connectivity index (χ2v) is 7.72. The summed E-state index contributed by atoms with van der Waals surface area (Å²) in [5.74, 6) is 0.898. The van der Waals surface area contributed by atoms with Gasteiger partial charge in [0.25, 0.3) is 0 Å². The third-order valence-electron chi connectivity index (χ3n) is 4.18. The van der Waals surface area contributed by atoms with Crippen LogP contribution in [0.4, 0.5) is 10.5 Å². The van der Waals surface area contributed by atoms with Crippen molar-refractivity contribution in [3.8, 4) is 5.75 Å². The van der Waals surface area contributed by atoms with E-state index < -0.39 is 5.60 Å². The molecule has 6 nitrogen and oxygen atoms in total. The number of carbonyl (C=O) groups excluding carboxylic acids is 1. The first-order valence-corrected chi connectivity index (χ1v) is 8.74. The summed E-state index contributed by atoms with van der Waals surface area (Å²) in [6.07, 6.45) is 0.580. The zero-order valence-electron chi connectivity index (χ0n) is 16.3. The summed E-state index contributed by atoms with van der Waals surface area (Å²) in [4.78, 5) is 16.4. The van der Waals surface area contributed by atoms with Gasteiger partial charge in [0.2, 0.25) is 0 Å². The van der Waals surface area contributed by atoms with E-state index in [1.165, 1.54) is 5.56 Å². The fraction of sp³-hybridized carbons (Fsp3) is 0.632. The van der Waals surface area contributed by atoms with Gasteiger partial charge in [0.1, 0.15) is 11.4 Å². The monoisotopic (exact) mass is 349 g/mol. The van der Waals surface area contributed by atoms with Gasteiger partial charge in [-0.15, -0.1) is 0 Å². The minimum Gasteiger partial charge on any atom is -0.496 e. The van der Waals surface area contributed by atoms with Crippen molar-refractivity contribution in [3.63, 3.8) is 0 Å². The van der Waals surface area contributed by atoms with Gasteiger partial charge in [-0.2, -0.15) is 0 Å². The van der Waals surface area contributed by atoms with E-state index in [4.69, 9.17) is 9.47 Å². The summed E-state index contributed by atoms with van der Waals surface area (Å²) in [5.41, 5.74) is 1.86. The number of ether oxygens (including phenoxy) is 2. The molecule has 0 aliphatic carbocycles. The minimum atomic E-state index is -0.472. The molecule has 0 radical (unpaired) electrons. The Morgan fingerprint density at radius 1 is 1.36 bits per heavy atom. The quantitative estimate of drug-likeness (QED) is 0.886. The number of rotatable bonds is 5. The van der Waals surface area contributed by atoms with Gasteiger partial charge in [-0.25, -0.2) is 4.79 Å². The summed E-state index contributed by atoms with van der Waals surface area (Å²) in [6, 6.07) is 6.22. The van der Waals surface area contributed by atoms with Crippen LogP contribution in [0.5, 0.6) is 5.75 Å². The maximum Gasteiger partial charge on any atom is 0.407 e. The Morgan fingerprint density at radius 2 is 2.08 bits per heavy atom. The molecule has 1 aromatic rings. The largest absolute Gasteiger partial charge is 0.496 e. The van der Waals surface area contributed by atoms with Crippen molar-refractivity contribution in [2.75, 3.05) is 39.2 Å². The molecule has 0 unspecified atom stereocenters.